The molecule has 10 atom stereocenters. The van der Waals surface area contributed by atoms with Crippen molar-refractivity contribution >= 4 is 35.4 Å². The van der Waals surface area contributed by atoms with E-state index in [2.05, 4.69) is 76.8 Å². The van der Waals surface area contributed by atoms with Crippen LogP contribution in [0.25, 0.3) is 0 Å². The third kappa shape index (κ3) is 14.5. The van der Waals surface area contributed by atoms with Gasteiger partial charge in [0.1, 0.15) is 35.6 Å². The van der Waals surface area contributed by atoms with Crippen molar-refractivity contribution in [3.63, 3.8) is 0 Å². The molecule has 0 saturated carbocycles. The molecule has 6 heterocycles. The number of likely N-dealkylation sites (N-methyl/N-ethyl adjacent to an activating group) is 2. The second-order valence-electron chi connectivity index (χ2n) is 21.8. The van der Waals surface area contributed by atoms with Gasteiger partial charge in [-0.2, -0.15) is 0 Å². The summed E-state index contributed by atoms with van der Waals surface area (Å²) in [6.45, 7) is 6.79. The first-order valence-corrected chi connectivity index (χ1v) is 28.4. The molecule has 2 aromatic heterocycles. The highest BCUT2D eigenvalue weighted by atomic mass is 16.2. The van der Waals surface area contributed by atoms with Crippen LogP contribution in [0.1, 0.15) is 164 Å². The summed E-state index contributed by atoms with van der Waals surface area (Å²) < 4.78 is 3.66. The molecule has 77 heavy (non-hydrogen) atoms. The number of aromatic nitrogens is 6. The van der Waals surface area contributed by atoms with Crippen LogP contribution in [0.15, 0.2) is 67.0 Å². The molecule has 20 nitrogen and oxygen atoms in total. The van der Waals surface area contributed by atoms with Gasteiger partial charge in [-0.3, -0.25) is 38.1 Å². The fourth-order valence-corrected chi connectivity index (χ4v) is 11.6. The minimum atomic E-state index is -0.672. The van der Waals surface area contributed by atoms with Crippen molar-refractivity contribution in [3.8, 4) is 0 Å². The molecule has 4 aliphatic heterocycles. The smallest absolute Gasteiger partial charge is 0.246 e. The molecule has 0 bridgehead atoms. The summed E-state index contributed by atoms with van der Waals surface area (Å²) in [5.41, 5.74) is 4.72. The van der Waals surface area contributed by atoms with Crippen molar-refractivity contribution in [1.29, 1.82) is 0 Å². The molecule has 20 heteroatoms. The van der Waals surface area contributed by atoms with Gasteiger partial charge in [0.25, 0.3) is 0 Å². The van der Waals surface area contributed by atoms with E-state index in [0.29, 0.717) is 50.2 Å². The molecule has 0 spiro atoms. The van der Waals surface area contributed by atoms with E-state index in [-0.39, 0.29) is 53.6 Å². The number of hydrogen-bond donors (Lipinski definition) is 6. The predicted octanol–water partition coefficient (Wildman–Crippen LogP) is 4.35. The molecule has 1 unspecified atom stereocenters. The molecule has 6 amide bonds. The number of nitrogens with zero attached hydrogens (tertiary/aromatic N) is 8. The van der Waals surface area contributed by atoms with Crippen LogP contribution in [0.4, 0.5) is 0 Å². The lowest BCUT2D eigenvalue weighted by Gasteiger charge is -2.36. The number of unbranched alkanes of at least 4 members (excludes halogenated alkanes) is 2. The van der Waals surface area contributed by atoms with Gasteiger partial charge < -0.3 is 41.7 Å². The first-order chi connectivity index (χ1) is 37.3. The topological polar surface area (TPSA) is 242 Å². The molecule has 416 valence electrons. The molecule has 2 aromatic carbocycles. The van der Waals surface area contributed by atoms with Crippen LogP contribution < -0.4 is 31.9 Å². The summed E-state index contributed by atoms with van der Waals surface area (Å²) in [4.78, 5) is 84.9. The van der Waals surface area contributed by atoms with Gasteiger partial charge in [-0.25, -0.2) is 0 Å². The molecule has 0 aliphatic carbocycles. The summed E-state index contributed by atoms with van der Waals surface area (Å²) in [7, 11) is 3.42. The van der Waals surface area contributed by atoms with Gasteiger partial charge in [-0.15, -0.1) is 10.2 Å². The number of carbonyl (C=O) groups excluding carboxylic acids is 6. The SMILES string of the molecule is CN[C@@H](C)C(=O)N[C@H]1CCCC[C@H]2CC[C@@H](C(=O)NC(C)c3cn(CCCCc4ccc(CCCCn5cc([C@H](NC(=O)[C@@H]6CC[C@@H]7CCCC[C@H](NC(=O)[C@H](C)NC)C(=O)N76)c6ccccc6)nn5)cc4)nn3)N2C1=O. The zero-order valence-electron chi connectivity index (χ0n) is 45.8. The fourth-order valence-electron chi connectivity index (χ4n) is 11.6. The first-order valence-electron chi connectivity index (χ1n) is 28.4. The number of rotatable bonds is 23. The van der Waals surface area contributed by atoms with Crippen LogP contribution in [0.5, 0.6) is 0 Å². The Kier molecular flexibility index (Phi) is 20.0. The Morgan fingerprint density at radius 1 is 0.558 bits per heavy atom. The summed E-state index contributed by atoms with van der Waals surface area (Å²) in [6, 6.07) is 14.1. The fraction of sp³-hybridized carbons (Fsp3) is 0.614. The first kappa shape index (κ1) is 56.7. The normalized spacial score (nSPS) is 23.3. The van der Waals surface area contributed by atoms with Crippen molar-refractivity contribution in [1.82, 2.24) is 71.7 Å². The van der Waals surface area contributed by atoms with E-state index in [9.17, 15) is 28.8 Å². The number of amides is 6. The monoisotopic (exact) mass is 1060 g/mol. The van der Waals surface area contributed by atoms with Crippen molar-refractivity contribution in [2.75, 3.05) is 14.1 Å². The minimum absolute atomic E-state index is 0.0112. The Labute approximate surface area is 453 Å². The largest absolute Gasteiger partial charge is 0.346 e. The number of hydrogen-bond acceptors (Lipinski definition) is 12. The number of benzene rings is 2. The molecule has 8 rings (SSSR count). The van der Waals surface area contributed by atoms with Crippen LogP contribution >= 0.6 is 0 Å². The maximum Gasteiger partial charge on any atom is 0.246 e. The minimum Gasteiger partial charge on any atom is -0.346 e. The lowest BCUT2D eigenvalue weighted by atomic mass is 9.98. The van der Waals surface area contributed by atoms with Gasteiger partial charge in [0, 0.05) is 25.2 Å². The van der Waals surface area contributed by atoms with Crippen molar-refractivity contribution < 1.29 is 28.8 Å². The highest BCUT2D eigenvalue weighted by Crippen LogP contribution is 2.34. The van der Waals surface area contributed by atoms with Gasteiger partial charge in [-0.05, 0) is 141 Å². The highest BCUT2D eigenvalue weighted by molar-refractivity contribution is 5.95. The van der Waals surface area contributed by atoms with Gasteiger partial charge in [0.2, 0.25) is 35.4 Å². The molecule has 4 aromatic rings. The van der Waals surface area contributed by atoms with Crippen molar-refractivity contribution in [2.45, 2.75) is 210 Å². The average molecular weight is 1060 g/mol. The van der Waals surface area contributed by atoms with E-state index in [4.69, 9.17) is 0 Å². The maximum atomic E-state index is 14.2. The molecule has 4 saturated heterocycles. The van der Waals surface area contributed by atoms with Gasteiger partial charge in [0.05, 0.1) is 36.6 Å². The average Bonchev–Trinajstić information content (AvgIpc) is 4.28. The lowest BCUT2D eigenvalue weighted by molar-refractivity contribution is -0.144. The van der Waals surface area contributed by atoms with E-state index < -0.39 is 42.3 Å². The van der Waals surface area contributed by atoms with Crippen molar-refractivity contribution in [3.05, 3.63) is 95.1 Å². The quantitative estimate of drug-likeness (QED) is 0.0569. The zero-order valence-corrected chi connectivity index (χ0v) is 45.8. The van der Waals surface area contributed by atoms with Crippen LogP contribution in [-0.2, 0) is 54.7 Å². The maximum absolute atomic E-state index is 14.2. The molecule has 6 N–H and O–H groups in total. The molecular formula is C57H82N14O6. The number of fused-ring (bicyclic) bond motifs is 2. The number of nitrogens with one attached hydrogen (secondary N) is 6. The summed E-state index contributed by atoms with van der Waals surface area (Å²) in [6.07, 6.45) is 18.4. The van der Waals surface area contributed by atoms with Crippen LogP contribution in [0.3, 0.4) is 0 Å². The number of carbonyl (C=O) groups is 6. The van der Waals surface area contributed by atoms with Crippen LogP contribution in [0, 0.1) is 0 Å². The standard InChI is InChI=1S/C57H82N14O6/c1-37(60-54(74)49-31-29-43-21-9-11-23-45(56(76)70(43)49)61-52(72)38(2)58-4)47-35-68(66-64-47)33-15-13-17-40-25-27-41(28-26-40)18-14-16-34-69-36-48(65-67-69)51(42-19-7-6-8-20-42)63-55(75)50-32-30-44-22-10-12-24-46(57(77)71(44)50)62-53(73)39(3)59-5/h6-8,19-20,25-28,35-39,43-46,49-51,58-59H,9-18,21-24,29-34H2,1-5H3,(H,60,74)(H,61,72)(H,62,73)(H,63,75)/t37?,38-,39-,43-,44-,45-,46-,49-,50-,51+/m0/s1. The third-order valence-corrected chi connectivity index (χ3v) is 16.4. The Balaban J connectivity index is 0.760. The van der Waals surface area contributed by atoms with Gasteiger partial charge in [-0.1, -0.05) is 90.7 Å². The highest BCUT2D eigenvalue weighted by Gasteiger charge is 2.46. The lowest BCUT2D eigenvalue weighted by Crippen LogP contribution is -2.58. The molecule has 4 fully saturated rings. The van der Waals surface area contributed by atoms with E-state index >= 15 is 0 Å². The number of aryl methyl sites for hydroxylation is 4. The molecule has 4 aliphatic rings. The summed E-state index contributed by atoms with van der Waals surface area (Å²) in [5, 5.41) is 35.8. The Morgan fingerprint density at radius 2 is 1.01 bits per heavy atom. The van der Waals surface area contributed by atoms with E-state index in [1.54, 1.807) is 37.7 Å². The molecule has 0 radical (unpaired) electrons. The van der Waals surface area contributed by atoms with Gasteiger partial charge in [0.15, 0.2) is 0 Å². The van der Waals surface area contributed by atoms with E-state index in [1.807, 2.05) is 59.0 Å². The predicted molar refractivity (Wildman–Crippen MR) is 291 cm³/mol. The second kappa shape index (κ2) is 27.2. The Bertz CT molecular complexity index is 2610. The third-order valence-electron chi connectivity index (χ3n) is 16.4. The Morgan fingerprint density at radius 3 is 1.51 bits per heavy atom. The van der Waals surface area contributed by atoms with Crippen molar-refractivity contribution in [2.24, 2.45) is 0 Å². The summed E-state index contributed by atoms with van der Waals surface area (Å²) in [5.74, 6) is -1.25. The van der Waals surface area contributed by atoms with E-state index in [0.717, 1.165) is 95.5 Å². The zero-order chi connectivity index (χ0) is 54.4. The van der Waals surface area contributed by atoms with Gasteiger partial charge >= 0.3 is 0 Å². The molecular weight excluding hydrogens is 977 g/mol. The van der Waals surface area contributed by atoms with Crippen LogP contribution in [-0.4, -0.2) is 138 Å². The van der Waals surface area contributed by atoms with E-state index in [1.165, 1.54) is 11.1 Å². The second-order valence-corrected chi connectivity index (χ2v) is 21.8. The van der Waals surface area contributed by atoms with Crippen LogP contribution in [0.2, 0.25) is 0 Å². The summed E-state index contributed by atoms with van der Waals surface area (Å²) >= 11 is 0. The Hall–Kier alpha value is -6.54.